The molecule has 8 nitrogen and oxygen atoms in total. The topological polar surface area (TPSA) is 117 Å². The molecule has 1 atom stereocenters. The minimum Gasteiger partial charge on any atom is -0.477 e. The molecule has 0 aromatic carbocycles. The molecule has 2 aliphatic rings. The van der Waals surface area contributed by atoms with Gasteiger partial charge in [0.1, 0.15) is 11.7 Å². The van der Waals surface area contributed by atoms with Crippen LogP contribution in [0.4, 0.5) is 0 Å². The van der Waals surface area contributed by atoms with Crippen LogP contribution in [0.1, 0.15) is 39.3 Å². The summed E-state index contributed by atoms with van der Waals surface area (Å²) in [5, 5.41) is 11.1. The summed E-state index contributed by atoms with van der Waals surface area (Å²) in [6.45, 7) is 0.142. The zero-order chi connectivity index (χ0) is 15.1. The van der Waals surface area contributed by atoms with E-state index in [1.54, 1.807) is 0 Å². The number of aromatic nitrogens is 1. The average molecular weight is 289 g/mol. The second kappa shape index (κ2) is 4.65. The summed E-state index contributed by atoms with van der Waals surface area (Å²) in [5.74, 6) is -2.40. The first-order chi connectivity index (χ1) is 9.97. The Kier molecular flexibility index (Phi) is 2.93. The van der Waals surface area contributed by atoms with Crippen LogP contribution in [0.5, 0.6) is 0 Å². The molecule has 1 saturated heterocycles. The van der Waals surface area contributed by atoms with E-state index in [1.165, 1.54) is 17.2 Å². The molecule has 0 aliphatic carbocycles. The summed E-state index contributed by atoms with van der Waals surface area (Å²) in [5.41, 5.74) is 0.675. The van der Waals surface area contributed by atoms with Crippen molar-refractivity contribution in [1.29, 1.82) is 0 Å². The van der Waals surface area contributed by atoms with Crippen LogP contribution in [0.3, 0.4) is 0 Å². The molecule has 2 N–H and O–H groups in total. The van der Waals surface area contributed by atoms with E-state index in [9.17, 15) is 19.2 Å². The molecule has 1 aromatic heterocycles. The summed E-state index contributed by atoms with van der Waals surface area (Å²) < 4.78 is 0. The average Bonchev–Trinajstić information content (AvgIpc) is 2.75. The fraction of sp³-hybridized carbons (Fsp3) is 0.308. The van der Waals surface area contributed by atoms with Crippen LogP contribution in [0.25, 0.3) is 0 Å². The van der Waals surface area contributed by atoms with Gasteiger partial charge < -0.3 is 10.0 Å². The minimum atomic E-state index is -1.18. The Labute approximate surface area is 118 Å². The van der Waals surface area contributed by atoms with Crippen molar-refractivity contribution >= 4 is 23.7 Å². The van der Waals surface area contributed by atoms with Crippen molar-refractivity contribution < 1.29 is 24.3 Å². The van der Waals surface area contributed by atoms with E-state index >= 15 is 0 Å². The Morgan fingerprint density at radius 2 is 2.14 bits per heavy atom. The Morgan fingerprint density at radius 1 is 1.38 bits per heavy atom. The predicted molar refractivity (Wildman–Crippen MR) is 67.2 cm³/mol. The molecule has 8 heteroatoms. The Hall–Kier alpha value is -2.77. The molecule has 3 rings (SSSR count). The fourth-order valence-electron chi connectivity index (χ4n) is 2.58. The predicted octanol–water partition coefficient (Wildman–Crippen LogP) is -0.459. The van der Waals surface area contributed by atoms with Crippen molar-refractivity contribution in [3.05, 3.63) is 29.1 Å². The number of rotatable bonds is 2. The summed E-state index contributed by atoms with van der Waals surface area (Å²) in [6, 6.07) is 0.623. The first kappa shape index (κ1) is 13.2. The van der Waals surface area contributed by atoms with E-state index in [2.05, 4.69) is 10.3 Å². The Bertz CT molecular complexity index is 684. The SMILES string of the molecule is O=C1CCC(N2Cc3cc(C(=O)O)ncc3C2=O)C(=O)N1. The van der Waals surface area contributed by atoms with Gasteiger partial charge in [0, 0.05) is 19.2 Å². The molecule has 0 radical (unpaired) electrons. The molecule has 3 amide bonds. The molecule has 3 heterocycles. The molecule has 1 fully saturated rings. The number of nitrogens with zero attached hydrogens (tertiary/aromatic N) is 2. The zero-order valence-corrected chi connectivity index (χ0v) is 10.8. The molecular weight excluding hydrogens is 278 g/mol. The van der Waals surface area contributed by atoms with Crippen molar-refractivity contribution in [1.82, 2.24) is 15.2 Å². The molecule has 1 aromatic rings. The molecule has 0 spiro atoms. The van der Waals surface area contributed by atoms with Gasteiger partial charge in [0.25, 0.3) is 5.91 Å². The van der Waals surface area contributed by atoms with Gasteiger partial charge in [-0.15, -0.1) is 0 Å². The maximum Gasteiger partial charge on any atom is 0.354 e. The minimum absolute atomic E-state index is 0.142. The summed E-state index contributed by atoms with van der Waals surface area (Å²) >= 11 is 0. The van der Waals surface area contributed by atoms with Crippen molar-refractivity contribution in [2.45, 2.75) is 25.4 Å². The third kappa shape index (κ3) is 2.14. The highest BCUT2D eigenvalue weighted by molar-refractivity contribution is 6.05. The number of aromatic carboxylic acids is 1. The number of carboxylic acids is 1. The van der Waals surface area contributed by atoms with Crippen LogP contribution in [0.2, 0.25) is 0 Å². The van der Waals surface area contributed by atoms with Crippen molar-refractivity contribution in [3.8, 4) is 0 Å². The Balaban J connectivity index is 1.88. The van der Waals surface area contributed by atoms with Crippen LogP contribution < -0.4 is 5.32 Å². The third-order valence-electron chi connectivity index (χ3n) is 3.63. The van der Waals surface area contributed by atoms with Crippen molar-refractivity contribution in [3.63, 3.8) is 0 Å². The number of hydrogen-bond acceptors (Lipinski definition) is 5. The molecule has 0 bridgehead atoms. The Morgan fingerprint density at radius 3 is 2.81 bits per heavy atom. The number of imide groups is 1. The van der Waals surface area contributed by atoms with Gasteiger partial charge >= 0.3 is 5.97 Å². The van der Waals surface area contributed by atoms with E-state index < -0.39 is 17.9 Å². The van der Waals surface area contributed by atoms with E-state index in [-0.39, 0.29) is 36.9 Å². The van der Waals surface area contributed by atoms with Crippen molar-refractivity contribution in [2.75, 3.05) is 0 Å². The molecule has 21 heavy (non-hydrogen) atoms. The number of hydrogen-bond donors (Lipinski definition) is 2. The van der Waals surface area contributed by atoms with E-state index in [0.29, 0.717) is 11.1 Å². The maximum atomic E-state index is 12.3. The number of amides is 3. The lowest BCUT2D eigenvalue weighted by Crippen LogP contribution is -2.52. The number of pyridine rings is 1. The van der Waals surface area contributed by atoms with E-state index in [1.807, 2.05) is 0 Å². The largest absolute Gasteiger partial charge is 0.477 e. The highest BCUT2D eigenvalue weighted by Gasteiger charge is 2.39. The standard InChI is InChI=1S/C13H11N3O5/c17-10-2-1-9(11(18)15-10)16-5-6-3-8(13(20)21)14-4-7(6)12(16)19/h3-4,9H,1-2,5H2,(H,20,21)(H,15,17,18). The number of fused-ring (bicyclic) bond motifs is 1. The van der Waals surface area contributed by atoms with Crippen LogP contribution in [0, 0.1) is 0 Å². The second-order valence-corrected chi connectivity index (χ2v) is 4.93. The quantitative estimate of drug-likeness (QED) is 0.712. The van der Waals surface area contributed by atoms with Crippen LogP contribution >= 0.6 is 0 Å². The first-order valence-corrected chi connectivity index (χ1v) is 6.34. The zero-order valence-electron chi connectivity index (χ0n) is 10.8. The van der Waals surface area contributed by atoms with Gasteiger partial charge in [0.15, 0.2) is 0 Å². The second-order valence-electron chi connectivity index (χ2n) is 4.93. The van der Waals surface area contributed by atoms with Gasteiger partial charge in [-0.1, -0.05) is 0 Å². The monoisotopic (exact) mass is 289 g/mol. The maximum absolute atomic E-state index is 12.3. The normalized spacial score (nSPS) is 21.2. The number of carbonyl (C=O) groups is 4. The first-order valence-electron chi connectivity index (χ1n) is 6.34. The van der Waals surface area contributed by atoms with E-state index in [0.717, 1.165) is 0 Å². The van der Waals surface area contributed by atoms with Gasteiger partial charge in [-0.3, -0.25) is 19.7 Å². The molecule has 0 saturated carbocycles. The van der Waals surface area contributed by atoms with E-state index in [4.69, 9.17) is 5.11 Å². The molecule has 2 aliphatic heterocycles. The highest BCUT2D eigenvalue weighted by atomic mass is 16.4. The lowest BCUT2D eigenvalue weighted by molar-refractivity contribution is -0.136. The number of carboxylic acid groups (broad SMARTS) is 1. The van der Waals surface area contributed by atoms with Crippen LogP contribution in [-0.4, -0.2) is 44.7 Å². The van der Waals surface area contributed by atoms with Crippen LogP contribution in [-0.2, 0) is 16.1 Å². The van der Waals surface area contributed by atoms with Gasteiger partial charge in [-0.05, 0) is 18.1 Å². The number of piperidine rings is 1. The van der Waals surface area contributed by atoms with Gasteiger partial charge in [0.2, 0.25) is 11.8 Å². The van der Waals surface area contributed by atoms with Gasteiger partial charge in [-0.25, -0.2) is 9.78 Å². The van der Waals surface area contributed by atoms with Gasteiger partial charge in [0.05, 0.1) is 5.56 Å². The lowest BCUT2D eigenvalue weighted by atomic mass is 10.0. The van der Waals surface area contributed by atoms with Crippen molar-refractivity contribution in [2.24, 2.45) is 0 Å². The molecule has 1 unspecified atom stereocenters. The van der Waals surface area contributed by atoms with Gasteiger partial charge in [-0.2, -0.15) is 0 Å². The number of carbonyl (C=O) groups excluding carboxylic acids is 3. The molecule has 108 valence electrons. The number of nitrogens with one attached hydrogen (secondary N) is 1. The smallest absolute Gasteiger partial charge is 0.354 e. The highest BCUT2D eigenvalue weighted by Crippen LogP contribution is 2.27. The summed E-state index contributed by atoms with van der Waals surface area (Å²) in [4.78, 5) is 51.2. The summed E-state index contributed by atoms with van der Waals surface area (Å²) in [6.07, 6.45) is 1.66. The lowest BCUT2D eigenvalue weighted by Gasteiger charge is -2.29. The van der Waals surface area contributed by atoms with Crippen LogP contribution in [0.15, 0.2) is 12.3 Å². The fourth-order valence-corrected chi connectivity index (χ4v) is 2.58. The molecular formula is C13H11N3O5. The summed E-state index contributed by atoms with van der Waals surface area (Å²) in [7, 11) is 0. The third-order valence-corrected chi connectivity index (χ3v) is 3.63.